The van der Waals surface area contributed by atoms with E-state index in [1.807, 2.05) is 79.4 Å². The molecule has 10 aromatic rings. The molecule has 25 heteroatoms. The Morgan fingerprint density at radius 2 is 0.808 bits per heavy atom. The number of anilines is 3. The second-order valence-electron chi connectivity index (χ2n) is 24.9. The molecule has 7 aromatic carbocycles. The minimum atomic E-state index is -0.621. The van der Waals surface area contributed by atoms with Crippen molar-refractivity contribution in [1.29, 1.82) is 0 Å². The van der Waals surface area contributed by atoms with Crippen molar-refractivity contribution in [2.24, 2.45) is 0 Å². The number of aliphatic hydroxyl groups excluding tert-OH is 1. The van der Waals surface area contributed by atoms with Gasteiger partial charge in [0.05, 0.1) is 27.5 Å². The lowest BCUT2D eigenvalue weighted by atomic mass is 9.91. The van der Waals surface area contributed by atoms with Crippen LogP contribution < -0.4 is 14.7 Å². The Morgan fingerprint density at radius 3 is 1.18 bits per heavy atom. The monoisotopic (exact) mass is 1480 g/mol. The number of fused-ring (bicyclic) bond motifs is 3. The van der Waals surface area contributed by atoms with Crippen molar-refractivity contribution < 1.29 is 42.9 Å². The van der Waals surface area contributed by atoms with Crippen LogP contribution in [0.3, 0.4) is 0 Å². The zero-order valence-electron chi connectivity index (χ0n) is 56.4. The van der Waals surface area contributed by atoms with Crippen molar-refractivity contribution in [2.75, 3.05) is 93.2 Å². The largest absolute Gasteiger partial charge is 0.507 e. The molecule has 6 heterocycles. The second kappa shape index (κ2) is 31.8. The summed E-state index contributed by atoms with van der Waals surface area (Å²) in [7, 11) is 0. The predicted octanol–water partition coefficient (Wildman–Crippen LogP) is 15.8. The van der Waals surface area contributed by atoms with Gasteiger partial charge in [-0.2, -0.15) is 10.2 Å². The molecule has 0 bridgehead atoms. The summed E-state index contributed by atoms with van der Waals surface area (Å²) in [5.41, 5.74) is 4.66. The van der Waals surface area contributed by atoms with Gasteiger partial charge in [-0.05, 0) is 90.0 Å². The van der Waals surface area contributed by atoms with Gasteiger partial charge < -0.3 is 44.7 Å². The molecule has 528 valence electrons. The van der Waals surface area contributed by atoms with Gasteiger partial charge in [0.15, 0.2) is 28.2 Å². The SMILES string of the molecule is C=CC(=O)N1CCN(c2nnc(Cl)c3cc(-c4c(O)cccc4F)c(Cl)cc23)CC1.C=CC(=O)N1CCN(c2nnc([C@@H](C)c3ccccc3)c3cc(C4=C(O)C=[C+]C=C4F)c(Cl)cc23)CC1.C=CC(=O)N1CCN(c2nnc([C@H](C)c3ccccc3)c3cc(-c4c(O)cccc4F)c(Cl)cc23)CC1. The van der Waals surface area contributed by atoms with E-state index in [0.717, 1.165) is 38.4 Å². The Labute approximate surface area is 617 Å². The highest BCUT2D eigenvalue weighted by Crippen LogP contribution is 2.46. The Bertz CT molecular complexity index is 5090. The smallest absolute Gasteiger partial charge is 0.252 e. The molecule has 0 radical (unpaired) electrons. The molecular weight excluding hydrogens is 1410 g/mol. The quantitative estimate of drug-likeness (QED) is 0.0724. The number of benzene rings is 7. The molecule has 4 aliphatic rings. The zero-order chi connectivity index (χ0) is 73.6. The number of aromatic hydroxyl groups is 2. The van der Waals surface area contributed by atoms with Crippen molar-refractivity contribution in [1.82, 2.24) is 45.3 Å². The Balaban J connectivity index is 0.000000148. The maximum Gasteiger partial charge on any atom is 0.252 e. The highest BCUT2D eigenvalue weighted by atomic mass is 35.5. The summed E-state index contributed by atoms with van der Waals surface area (Å²) in [4.78, 5) is 47.2. The van der Waals surface area contributed by atoms with Crippen molar-refractivity contribution in [2.45, 2.75) is 25.7 Å². The number of amides is 3. The third kappa shape index (κ3) is 15.0. The molecule has 14 rings (SSSR count). The van der Waals surface area contributed by atoms with E-state index < -0.39 is 17.5 Å². The first kappa shape index (κ1) is 72.8. The van der Waals surface area contributed by atoms with Crippen LogP contribution in [-0.4, -0.2) is 157 Å². The third-order valence-corrected chi connectivity index (χ3v) is 20.1. The summed E-state index contributed by atoms with van der Waals surface area (Å²) in [6.07, 6.45) is 9.01. The van der Waals surface area contributed by atoms with Crippen LogP contribution in [0.1, 0.15) is 53.8 Å². The number of hydrogen-bond acceptors (Lipinski definition) is 15. The summed E-state index contributed by atoms with van der Waals surface area (Å²) < 4.78 is 44.1. The first-order valence-corrected chi connectivity index (χ1v) is 34.8. The van der Waals surface area contributed by atoms with Crippen LogP contribution in [0.5, 0.6) is 11.5 Å². The molecule has 1 aliphatic carbocycles. The molecule has 3 N–H and O–H groups in total. The van der Waals surface area contributed by atoms with Crippen LogP contribution in [0.4, 0.5) is 30.6 Å². The Kier molecular flexibility index (Phi) is 22.2. The number of piperazine rings is 3. The molecule has 2 atom stereocenters. The lowest BCUT2D eigenvalue weighted by Crippen LogP contribution is -2.48. The van der Waals surface area contributed by atoms with E-state index in [0.29, 0.717) is 134 Å². The standard InChI is InChI=1S/C29H26ClFN4O2.C29H24ClFN4O2.C21H17Cl2FN4O2/c2*1-3-26(37)34-12-14-35(15-13-34)29-21-17-23(30)22(27-24(31)10-7-11-25(27)36)16-20(21)28(32-33-29)18(2)19-8-5-4-6-9-19;1-2-18(30)27-6-8-28(9-7-27)21-13-11-15(22)14(10-12(13)20(23)25-26-21)19-16(24)4-3-5-17(19)29/h3-11,16-18,36H,1,12-15H2,2H3;3-6,8-11,16-18H,1,12-15H2,2H3;2-5,10-11,29H,1,6-9H2/p+1/t2*18-;/m10./s1. The van der Waals surface area contributed by atoms with Crippen LogP contribution in [0.15, 0.2) is 195 Å². The van der Waals surface area contributed by atoms with E-state index >= 15 is 0 Å². The topological polar surface area (TPSA) is 209 Å². The van der Waals surface area contributed by atoms with E-state index in [-0.39, 0.29) is 78.7 Å². The van der Waals surface area contributed by atoms with Crippen LogP contribution in [0.25, 0.3) is 60.1 Å². The second-order valence-corrected chi connectivity index (χ2v) is 26.5. The van der Waals surface area contributed by atoms with Gasteiger partial charge in [-0.15, -0.1) is 24.8 Å². The minimum Gasteiger partial charge on any atom is -0.507 e. The highest BCUT2D eigenvalue weighted by molar-refractivity contribution is 6.38. The average molecular weight is 1480 g/mol. The number of allylic oxidation sites excluding steroid dienone is 5. The van der Waals surface area contributed by atoms with Gasteiger partial charge in [0.1, 0.15) is 35.3 Å². The number of carbonyl (C=O) groups is 3. The number of rotatable bonds is 13. The van der Waals surface area contributed by atoms with Crippen molar-refractivity contribution in [3.05, 3.63) is 261 Å². The van der Waals surface area contributed by atoms with Gasteiger partial charge in [0, 0.05) is 156 Å². The number of phenols is 2. The Hall–Kier alpha value is -10.9. The normalized spacial score (nSPS) is 15.1. The van der Waals surface area contributed by atoms with Crippen LogP contribution in [0.2, 0.25) is 20.2 Å². The van der Waals surface area contributed by atoms with E-state index in [2.05, 4.69) is 66.2 Å². The summed E-state index contributed by atoms with van der Waals surface area (Å²) >= 11 is 26.2. The first-order valence-electron chi connectivity index (χ1n) is 33.3. The lowest BCUT2D eigenvalue weighted by molar-refractivity contribution is -0.127. The predicted molar refractivity (Wildman–Crippen MR) is 404 cm³/mol. The zero-order valence-corrected chi connectivity index (χ0v) is 59.5. The number of aromatic nitrogens is 6. The number of phenolic OH excluding ortho intramolecular Hbond substituents is 2. The molecular formula is C79H68Cl4F3N12O6+. The van der Waals surface area contributed by atoms with E-state index in [1.165, 1.54) is 66.8 Å². The minimum absolute atomic E-state index is 0.00428. The highest BCUT2D eigenvalue weighted by Gasteiger charge is 2.32. The van der Waals surface area contributed by atoms with Crippen LogP contribution >= 0.6 is 46.4 Å². The fourth-order valence-corrected chi connectivity index (χ4v) is 14.3. The van der Waals surface area contributed by atoms with E-state index in [9.17, 15) is 42.9 Å². The Morgan fingerprint density at radius 1 is 0.452 bits per heavy atom. The van der Waals surface area contributed by atoms with Crippen molar-refractivity contribution in [3.63, 3.8) is 0 Å². The third-order valence-electron chi connectivity index (χ3n) is 18.9. The molecule has 3 amide bonds. The molecule has 18 nitrogen and oxygen atoms in total. The molecule has 3 fully saturated rings. The first-order chi connectivity index (χ1) is 50.2. The molecule has 3 aromatic heterocycles. The van der Waals surface area contributed by atoms with Gasteiger partial charge in [-0.3, -0.25) is 14.4 Å². The van der Waals surface area contributed by atoms with Gasteiger partial charge in [0.25, 0.3) is 5.83 Å². The number of nitrogens with zero attached hydrogens (tertiary/aromatic N) is 12. The molecule has 0 spiro atoms. The summed E-state index contributed by atoms with van der Waals surface area (Å²) in [5, 5.41) is 63.1. The summed E-state index contributed by atoms with van der Waals surface area (Å²) in [5.74, 6) is -1.10. The van der Waals surface area contributed by atoms with Gasteiger partial charge in [-0.1, -0.05) is 153 Å². The summed E-state index contributed by atoms with van der Waals surface area (Å²) in [6.45, 7) is 21.3. The summed E-state index contributed by atoms with van der Waals surface area (Å²) in [6, 6.07) is 38.5. The molecule has 3 saturated heterocycles. The fourth-order valence-electron chi connectivity index (χ4n) is 13.3. The number of carbonyl (C=O) groups excluding carboxylic acids is 3. The fraction of sp³-hybridized carbons (Fsp3) is 0.203. The maximum absolute atomic E-state index is 14.8. The molecule has 0 saturated carbocycles. The van der Waals surface area contributed by atoms with Crippen molar-refractivity contribution >= 4 is 119 Å². The number of hydrogen-bond donors (Lipinski definition) is 3. The van der Waals surface area contributed by atoms with E-state index in [4.69, 9.17) is 46.4 Å². The number of aliphatic hydroxyl groups is 1. The molecule has 0 unspecified atom stereocenters. The lowest BCUT2D eigenvalue weighted by Gasteiger charge is -2.35. The van der Waals surface area contributed by atoms with Crippen molar-refractivity contribution in [3.8, 4) is 33.8 Å². The number of halogens is 7. The molecule has 104 heavy (non-hydrogen) atoms. The van der Waals surface area contributed by atoms with Gasteiger partial charge in [0.2, 0.25) is 23.5 Å². The van der Waals surface area contributed by atoms with Gasteiger partial charge >= 0.3 is 0 Å². The van der Waals surface area contributed by atoms with Crippen LogP contribution in [0, 0.1) is 17.7 Å². The van der Waals surface area contributed by atoms with Crippen LogP contribution in [-0.2, 0) is 14.4 Å². The van der Waals surface area contributed by atoms with Gasteiger partial charge in [-0.25, -0.2) is 8.78 Å². The maximum atomic E-state index is 14.8. The molecule has 3 aliphatic heterocycles. The van der Waals surface area contributed by atoms with E-state index in [1.54, 1.807) is 51.1 Å². The average Bonchev–Trinajstić information content (AvgIpc) is 0.756.